The van der Waals surface area contributed by atoms with Crippen LogP contribution in [0.5, 0.6) is 0 Å². The van der Waals surface area contributed by atoms with Gasteiger partial charge in [-0.1, -0.05) is 0 Å². The van der Waals surface area contributed by atoms with E-state index >= 15 is 0 Å². The van der Waals surface area contributed by atoms with Crippen molar-refractivity contribution < 1.29 is 19.4 Å². The molecular weight excluding hydrogens is 198 g/mol. The molecule has 0 aromatic carbocycles. The van der Waals surface area contributed by atoms with Crippen molar-refractivity contribution in [2.75, 3.05) is 33.5 Å². The molecule has 1 saturated heterocycles. The summed E-state index contributed by atoms with van der Waals surface area (Å²) in [6.07, 6.45) is 2.05. The summed E-state index contributed by atoms with van der Waals surface area (Å²) in [6, 6.07) is -0.600. The van der Waals surface area contributed by atoms with Gasteiger partial charge in [-0.05, 0) is 25.3 Å². The lowest BCUT2D eigenvalue weighted by Crippen LogP contribution is -2.41. The van der Waals surface area contributed by atoms with E-state index < -0.39 is 12.0 Å². The van der Waals surface area contributed by atoms with Gasteiger partial charge in [0, 0.05) is 20.3 Å². The summed E-state index contributed by atoms with van der Waals surface area (Å²) in [5.41, 5.74) is 0. The molecule has 2 N–H and O–H groups in total. The largest absolute Gasteiger partial charge is 0.480 e. The number of aliphatic carboxylic acids is 1. The summed E-state index contributed by atoms with van der Waals surface area (Å²) in [4.78, 5) is 10.7. The molecule has 5 heteroatoms. The Morgan fingerprint density at radius 3 is 3.07 bits per heavy atom. The fourth-order valence-electron chi connectivity index (χ4n) is 1.66. The van der Waals surface area contributed by atoms with Crippen molar-refractivity contribution in [1.29, 1.82) is 0 Å². The van der Waals surface area contributed by atoms with Crippen molar-refractivity contribution in [3.8, 4) is 0 Å². The summed E-state index contributed by atoms with van der Waals surface area (Å²) in [5, 5.41) is 11.8. The van der Waals surface area contributed by atoms with Gasteiger partial charge in [0.2, 0.25) is 0 Å². The Morgan fingerprint density at radius 1 is 1.73 bits per heavy atom. The van der Waals surface area contributed by atoms with Crippen molar-refractivity contribution in [2.45, 2.75) is 18.9 Å². The highest BCUT2D eigenvalue weighted by Crippen LogP contribution is 2.15. The minimum Gasteiger partial charge on any atom is -0.480 e. The van der Waals surface area contributed by atoms with E-state index in [1.807, 2.05) is 0 Å². The minimum atomic E-state index is -0.862. The predicted molar refractivity (Wildman–Crippen MR) is 54.8 cm³/mol. The zero-order chi connectivity index (χ0) is 11.1. The van der Waals surface area contributed by atoms with Gasteiger partial charge in [-0.2, -0.15) is 0 Å². The molecule has 5 nitrogen and oxygen atoms in total. The molecule has 1 heterocycles. The summed E-state index contributed by atoms with van der Waals surface area (Å²) in [7, 11) is 1.50. The fourth-order valence-corrected chi connectivity index (χ4v) is 1.66. The standard InChI is InChI=1S/C10H19NO4/c1-14-7-9(10(12)13)11-4-2-8-3-5-15-6-8/h8-9,11H,2-7H2,1H3,(H,12,13). The van der Waals surface area contributed by atoms with Crippen LogP contribution in [0.25, 0.3) is 0 Å². The highest BCUT2D eigenvalue weighted by Gasteiger charge is 2.18. The van der Waals surface area contributed by atoms with Crippen LogP contribution in [0, 0.1) is 5.92 Å². The third-order valence-corrected chi connectivity index (χ3v) is 2.60. The third kappa shape index (κ3) is 4.59. The van der Waals surface area contributed by atoms with Crippen LogP contribution in [0.3, 0.4) is 0 Å². The molecule has 88 valence electrons. The minimum absolute atomic E-state index is 0.205. The number of nitrogens with one attached hydrogen (secondary N) is 1. The van der Waals surface area contributed by atoms with Gasteiger partial charge in [-0.25, -0.2) is 0 Å². The van der Waals surface area contributed by atoms with E-state index in [4.69, 9.17) is 14.6 Å². The van der Waals surface area contributed by atoms with Crippen LogP contribution < -0.4 is 5.32 Å². The summed E-state index contributed by atoms with van der Waals surface area (Å²) >= 11 is 0. The number of hydrogen-bond acceptors (Lipinski definition) is 4. The molecule has 0 aromatic rings. The Bertz CT molecular complexity index is 192. The van der Waals surface area contributed by atoms with E-state index in [0.29, 0.717) is 12.5 Å². The van der Waals surface area contributed by atoms with E-state index in [9.17, 15) is 4.79 Å². The van der Waals surface area contributed by atoms with Crippen LogP contribution in [-0.2, 0) is 14.3 Å². The van der Waals surface area contributed by atoms with Gasteiger partial charge in [0.05, 0.1) is 6.61 Å². The molecule has 1 aliphatic rings. The third-order valence-electron chi connectivity index (χ3n) is 2.60. The van der Waals surface area contributed by atoms with E-state index in [0.717, 1.165) is 26.1 Å². The maximum Gasteiger partial charge on any atom is 0.323 e. The summed E-state index contributed by atoms with van der Waals surface area (Å²) < 4.78 is 10.1. The van der Waals surface area contributed by atoms with Crippen LogP contribution in [-0.4, -0.2) is 50.6 Å². The first-order valence-corrected chi connectivity index (χ1v) is 5.27. The molecule has 0 bridgehead atoms. The van der Waals surface area contributed by atoms with Crippen molar-refractivity contribution in [3.05, 3.63) is 0 Å². The SMILES string of the molecule is COCC(NCCC1CCOC1)C(=O)O. The Kier molecular flexibility index (Phi) is 5.60. The van der Waals surface area contributed by atoms with Gasteiger partial charge in [-0.15, -0.1) is 0 Å². The lowest BCUT2D eigenvalue weighted by molar-refractivity contribution is -0.140. The number of methoxy groups -OCH3 is 1. The Morgan fingerprint density at radius 2 is 2.53 bits per heavy atom. The molecule has 1 aliphatic heterocycles. The molecule has 1 rings (SSSR count). The second kappa shape index (κ2) is 6.76. The Labute approximate surface area is 89.8 Å². The summed E-state index contributed by atoms with van der Waals surface area (Å²) in [5.74, 6) is -0.283. The second-order valence-corrected chi connectivity index (χ2v) is 3.82. The molecular formula is C10H19NO4. The van der Waals surface area contributed by atoms with Gasteiger partial charge in [0.25, 0.3) is 0 Å². The van der Waals surface area contributed by atoms with Gasteiger partial charge < -0.3 is 19.9 Å². The van der Waals surface area contributed by atoms with E-state index in [1.54, 1.807) is 0 Å². The number of hydrogen-bond donors (Lipinski definition) is 2. The monoisotopic (exact) mass is 217 g/mol. The number of carbonyl (C=O) groups is 1. The molecule has 15 heavy (non-hydrogen) atoms. The zero-order valence-corrected chi connectivity index (χ0v) is 9.07. The number of rotatable bonds is 7. The molecule has 0 aliphatic carbocycles. The molecule has 0 spiro atoms. The fraction of sp³-hybridized carbons (Fsp3) is 0.900. The molecule has 0 saturated carbocycles. The molecule has 0 radical (unpaired) electrons. The maximum atomic E-state index is 10.7. The Hall–Kier alpha value is -0.650. The van der Waals surface area contributed by atoms with Crippen LogP contribution in [0.1, 0.15) is 12.8 Å². The van der Waals surface area contributed by atoms with Gasteiger partial charge >= 0.3 is 5.97 Å². The first-order chi connectivity index (χ1) is 7.24. The van der Waals surface area contributed by atoms with Gasteiger partial charge in [0.15, 0.2) is 0 Å². The second-order valence-electron chi connectivity index (χ2n) is 3.82. The Balaban J connectivity index is 2.12. The van der Waals surface area contributed by atoms with Crippen molar-refractivity contribution in [2.24, 2.45) is 5.92 Å². The average molecular weight is 217 g/mol. The number of ether oxygens (including phenoxy) is 2. The zero-order valence-electron chi connectivity index (χ0n) is 9.07. The smallest absolute Gasteiger partial charge is 0.323 e. The predicted octanol–water partition coefficient (Wildman–Crippen LogP) is 0.102. The number of carboxylic acids is 1. The van der Waals surface area contributed by atoms with Crippen molar-refractivity contribution in [1.82, 2.24) is 5.32 Å². The van der Waals surface area contributed by atoms with Crippen LogP contribution in [0.15, 0.2) is 0 Å². The topological polar surface area (TPSA) is 67.8 Å². The molecule has 0 amide bonds. The first kappa shape index (κ1) is 12.4. The van der Waals surface area contributed by atoms with Crippen LogP contribution in [0.2, 0.25) is 0 Å². The molecule has 1 fully saturated rings. The lowest BCUT2D eigenvalue weighted by Gasteiger charge is -2.14. The van der Waals surface area contributed by atoms with E-state index in [2.05, 4.69) is 5.32 Å². The summed E-state index contributed by atoms with van der Waals surface area (Å²) in [6.45, 7) is 2.56. The lowest BCUT2D eigenvalue weighted by atomic mass is 10.1. The molecule has 2 unspecified atom stereocenters. The van der Waals surface area contributed by atoms with Gasteiger partial charge in [0.1, 0.15) is 6.04 Å². The molecule has 2 atom stereocenters. The van der Waals surface area contributed by atoms with Crippen molar-refractivity contribution >= 4 is 5.97 Å². The van der Waals surface area contributed by atoms with E-state index in [-0.39, 0.29) is 6.61 Å². The van der Waals surface area contributed by atoms with E-state index in [1.165, 1.54) is 7.11 Å². The van der Waals surface area contributed by atoms with Gasteiger partial charge in [-0.3, -0.25) is 4.79 Å². The number of carboxylic acid groups (broad SMARTS) is 1. The normalized spacial score (nSPS) is 22.9. The highest BCUT2D eigenvalue weighted by atomic mass is 16.5. The molecule has 0 aromatic heterocycles. The average Bonchev–Trinajstić information content (AvgIpc) is 2.69. The van der Waals surface area contributed by atoms with Crippen LogP contribution >= 0.6 is 0 Å². The van der Waals surface area contributed by atoms with Crippen LogP contribution in [0.4, 0.5) is 0 Å². The first-order valence-electron chi connectivity index (χ1n) is 5.27. The van der Waals surface area contributed by atoms with Crippen molar-refractivity contribution in [3.63, 3.8) is 0 Å². The highest BCUT2D eigenvalue weighted by molar-refractivity contribution is 5.73. The maximum absolute atomic E-state index is 10.7. The quantitative estimate of drug-likeness (QED) is 0.633.